The molecular weight excluding hydrogens is 651 g/mol. The number of pyridine rings is 1. The first-order chi connectivity index (χ1) is 22.4. The summed E-state index contributed by atoms with van der Waals surface area (Å²) < 4.78 is 71.1. The van der Waals surface area contributed by atoms with Crippen molar-refractivity contribution < 1.29 is 36.3 Å². The summed E-state index contributed by atoms with van der Waals surface area (Å²) in [5, 5.41) is 11.7. The highest BCUT2D eigenvalue weighted by atomic mass is 35.5. The maximum Gasteiger partial charge on any atom is 0.416 e. The second kappa shape index (κ2) is 12.3. The molecular formula is C30H20ClF5N8O3. The van der Waals surface area contributed by atoms with Crippen LogP contribution in [0, 0.1) is 11.6 Å². The van der Waals surface area contributed by atoms with E-state index >= 15 is 0 Å². The highest BCUT2D eigenvalue weighted by molar-refractivity contribution is 6.31. The van der Waals surface area contributed by atoms with Crippen LogP contribution in [0.3, 0.4) is 0 Å². The van der Waals surface area contributed by atoms with E-state index in [4.69, 9.17) is 11.6 Å². The Kier molecular flexibility index (Phi) is 8.19. The van der Waals surface area contributed by atoms with E-state index in [0.717, 1.165) is 12.1 Å². The molecule has 5 aromatic rings. The topological polar surface area (TPSA) is 136 Å². The van der Waals surface area contributed by atoms with Crippen LogP contribution < -0.4 is 16.0 Å². The summed E-state index contributed by atoms with van der Waals surface area (Å²) in [5.74, 6) is -4.86. The molecule has 1 aliphatic heterocycles. The summed E-state index contributed by atoms with van der Waals surface area (Å²) in [5.41, 5.74) is -1.51. The lowest BCUT2D eigenvalue weighted by Crippen LogP contribution is -2.41. The highest BCUT2D eigenvalue weighted by Crippen LogP contribution is 2.36. The molecule has 0 unspecified atom stereocenters. The largest absolute Gasteiger partial charge is 0.416 e. The second-order valence-electron chi connectivity index (χ2n) is 10.3. The fourth-order valence-electron chi connectivity index (χ4n) is 4.95. The molecule has 1 aliphatic rings. The van der Waals surface area contributed by atoms with Crippen LogP contribution in [0.2, 0.25) is 5.02 Å². The molecule has 17 heteroatoms. The third-order valence-electron chi connectivity index (χ3n) is 7.08. The lowest BCUT2D eigenvalue weighted by atomic mass is 10.0. The normalized spacial score (nSPS) is 14.3. The van der Waals surface area contributed by atoms with Gasteiger partial charge in [0.1, 0.15) is 18.2 Å². The molecule has 3 amide bonds. The van der Waals surface area contributed by atoms with E-state index in [9.17, 15) is 36.3 Å². The molecule has 0 saturated heterocycles. The Hall–Kier alpha value is -5.64. The Morgan fingerprint density at radius 3 is 2.55 bits per heavy atom. The zero-order valence-corrected chi connectivity index (χ0v) is 24.4. The number of fused-ring (bicyclic) bond motifs is 1. The first-order valence-corrected chi connectivity index (χ1v) is 14.0. The summed E-state index contributed by atoms with van der Waals surface area (Å²) in [6.07, 6.45) is -0.156. The van der Waals surface area contributed by atoms with Crippen molar-refractivity contribution in [1.29, 1.82) is 0 Å². The minimum Gasteiger partial charge on any atom is -0.345 e. The Bertz CT molecular complexity index is 2010. The fraction of sp³-hybridized carbons (Fsp3) is 0.133. The molecule has 2 aromatic carbocycles. The molecule has 0 aliphatic carbocycles. The van der Waals surface area contributed by atoms with E-state index in [1.165, 1.54) is 21.5 Å². The lowest BCUT2D eigenvalue weighted by Gasteiger charge is -2.28. The van der Waals surface area contributed by atoms with Crippen molar-refractivity contribution in [2.75, 3.05) is 5.32 Å². The molecule has 0 radical (unpaired) electrons. The quantitative estimate of drug-likeness (QED) is 0.213. The molecule has 3 aromatic heterocycles. The number of nitrogens with zero attached hydrogens (tertiary/aromatic N) is 5. The van der Waals surface area contributed by atoms with Gasteiger partial charge in [0.15, 0.2) is 11.6 Å². The number of amides is 3. The Morgan fingerprint density at radius 1 is 1.04 bits per heavy atom. The first kappa shape index (κ1) is 31.3. The molecule has 1 atom stereocenters. The Morgan fingerprint density at radius 2 is 1.85 bits per heavy atom. The standard InChI is InChI=1S/C30H20ClF5N8O3/c31-21-4-3-18(32)11-20(21)24-25-26(42-28(46)16-8-17(30(34,35)36)10-19(33)9-16)41-27(43(25)14-23(45)40-24)29(47)38-13-15-2-5-22(37-12-15)44-7-1-6-39-44/h1-12,24H,13-14H2,(H,38,47)(H,40,45)(H,42,46)/t24-/m0/s1. The molecule has 0 fully saturated rings. The van der Waals surface area contributed by atoms with Crippen LogP contribution in [0.1, 0.15) is 49.4 Å². The monoisotopic (exact) mass is 670 g/mol. The zero-order valence-electron chi connectivity index (χ0n) is 23.6. The highest BCUT2D eigenvalue weighted by Gasteiger charge is 2.37. The van der Waals surface area contributed by atoms with Gasteiger partial charge in [0, 0.05) is 41.3 Å². The zero-order chi connectivity index (χ0) is 33.5. The van der Waals surface area contributed by atoms with Gasteiger partial charge in [0.25, 0.3) is 11.8 Å². The second-order valence-corrected chi connectivity index (χ2v) is 10.7. The van der Waals surface area contributed by atoms with Crippen molar-refractivity contribution in [2.45, 2.75) is 25.3 Å². The van der Waals surface area contributed by atoms with Gasteiger partial charge in [-0.1, -0.05) is 17.7 Å². The van der Waals surface area contributed by atoms with Gasteiger partial charge in [-0.15, -0.1) is 0 Å². The molecule has 0 saturated carbocycles. The predicted octanol–water partition coefficient (Wildman–Crippen LogP) is 4.82. The minimum atomic E-state index is -4.95. The van der Waals surface area contributed by atoms with Crippen molar-refractivity contribution in [3.05, 3.63) is 124 Å². The molecule has 0 spiro atoms. The van der Waals surface area contributed by atoms with Crippen LogP contribution >= 0.6 is 11.6 Å². The van der Waals surface area contributed by atoms with Crippen LogP contribution in [0.4, 0.5) is 27.8 Å². The molecule has 6 rings (SSSR count). The number of halogens is 6. The minimum absolute atomic E-state index is 0.0145. The van der Waals surface area contributed by atoms with E-state index < -0.39 is 59.2 Å². The van der Waals surface area contributed by atoms with Gasteiger partial charge >= 0.3 is 6.18 Å². The fourth-order valence-corrected chi connectivity index (χ4v) is 5.18. The Balaban J connectivity index is 1.36. The number of benzene rings is 2. The van der Waals surface area contributed by atoms with Gasteiger partial charge < -0.3 is 20.5 Å². The summed E-state index contributed by atoms with van der Waals surface area (Å²) in [4.78, 5) is 48.0. The third kappa shape index (κ3) is 6.53. The lowest BCUT2D eigenvalue weighted by molar-refractivity contribution is -0.137. The van der Waals surface area contributed by atoms with Crippen molar-refractivity contribution in [3.63, 3.8) is 0 Å². The van der Waals surface area contributed by atoms with E-state index in [1.54, 1.807) is 30.6 Å². The van der Waals surface area contributed by atoms with E-state index in [2.05, 4.69) is 31.0 Å². The number of anilines is 1. The smallest absolute Gasteiger partial charge is 0.345 e. The summed E-state index contributed by atoms with van der Waals surface area (Å²) >= 11 is 6.33. The van der Waals surface area contributed by atoms with Gasteiger partial charge in [-0.25, -0.2) is 23.4 Å². The number of aromatic nitrogens is 5. The van der Waals surface area contributed by atoms with Crippen LogP contribution in [-0.4, -0.2) is 42.0 Å². The van der Waals surface area contributed by atoms with Crippen LogP contribution in [0.15, 0.2) is 73.2 Å². The van der Waals surface area contributed by atoms with Gasteiger partial charge in [0.2, 0.25) is 11.7 Å². The summed E-state index contributed by atoms with van der Waals surface area (Å²) in [6, 6.07) is 8.44. The number of alkyl halides is 3. The number of hydrogen-bond donors (Lipinski definition) is 3. The third-order valence-corrected chi connectivity index (χ3v) is 7.42. The molecule has 11 nitrogen and oxygen atoms in total. The number of rotatable bonds is 7. The van der Waals surface area contributed by atoms with E-state index in [-0.39, 0.29) is 40.5 Å². The van der Waals surface area contributed by atoms with Crippen molar-refractivity contribution >= 4 is 35.1 Å². The number of carbonyl (C=O) groups excluding carboxylic acids is 3. The van der Waals surface area contributed by atoms with Crippen molar-refractivity contribution in [2.24, 2.45) is 0 Å². The van der Waals surface area contributed by atoms with Crippen LogP contribution in [0.25, 0.3) is 5.82 Å². The molecule has 0 bridgehead atoms. The number of carbonyl (C=O) groups is 3. The van der Waals surface area contributed by atoms with Gasteiger partial charge in [-0.3, -0.25) is 14.4 Å². The average Bonchev–Trinajstić information content (AvgIpc) is 3.69. The molecule has 47 heavy (non-hydrogen) atoms. The number of imidazole rings is 1. The van der Waals surface area contributed by atoms with Crippen LogP contribution in [0.5, 0.6) is 0 Å². The summed E-state index contributed by atoms with van der Waals surface area (Å²) in [6.45, 7) is -0.507. The summed E-state index contributed by atoms with van der Waals surface area (Å²) in [7, 11) is 0. The van der Waals surface area contributed by atoms with Gasteiger partial charge in [-0.05, 0) is 54.1 Å². The molecule has 4 heterocycles. The number of nitrogens with one attached hydrogen (secondary N) is 3. The number of hydrogen-bond acceptors (Lipinski definition) is 6. The van der Waals surface area contributed by atoms with E-state index in [1.807, 2.05) is 0 Å². The van der Waals surface area contributed by atoms with Crippen molar-refractivity contribution in [3.8, 4) is 5.82 Å². The van der Waals surface area contributed by atoms with E-state index in [0.29, 0.717) is 23.5 Å². The van der Waals surface area contributed by atoms with Crippen molar-refractivity contribution in [1.82, 2.24) is 34.9 Å². The maximum absolute atomic E-state index is 14.3. The predicted molar refractivity (Wildman–Crippen MR) is 156 cm³/mol. The average molecular weight is 671 g/mol. The Labute approximate surface area is 266 Å². The van der Waals surface area contributed by atoms with Crippen LogP contribution in [-0.2, 0) is 24.1 Å². The SMILES string of the molecule is O=C1Cn2c(C(=O)NCc3ccc(-n4cccn4)nc3)nc(NC(=O)c3cc(F)cc(C(F)(F)F)c3)c2[C@H](c2cc(F)ccc2Cl)N1. The molecule has 240 valence electrons. The first-order valence-electron chi connectivity index (χ1n) is 13.6. The maximum atomic E-state index is 14.3. The molecule has 3 N–H and O–H groups in total. The van der Waals surface area contributed by atoms with Gasteiger partial charge in [0.05, 0.1) is 17.3 Å². The van der Waals surface area contributed by atoms with Gasteiger partial charge in [-0.2, -0.15) is 18.3 Å².